The van der Waals surface area contributed by atoms with Crippen LogP contribution in [0, 0.1) is 0 Å². The Kier molecular flexibility index (Phi) is 5.51. The molecule has 1 heterocycles. The van der Waals surface area contributed by atoms with Gasteiger partial charge in [-0.1, -0.05) is 54.1 Å². The maximum Gasteiger partial charge on any atom is 0.339 e. The highest BCUT2D eigenvalue weighted by Gasteiger charge is 2.20. The number of carboxylic acids is 1. The van der Waals surface area contributed by atoms with Crippen molar-refractivity contribution in [2.24, 2.45) is 0 Å². The van der Waals surface area contributed by atoms with Crippen molar-refractivity contribution in [1.82, 2.24) is 0 Å². The summed E-state index contributed by atoms with van der Waals surface area (Å²) < 4.78 is 0. The molecule has 1 amide bonds. The van der Waals surface area contributed by atoms with Crippen LogP contribution in [-0.2, 0) is 4.79 Å². The van der Waals surface area contributed by atoms with Gasteiger partial charge in [0.05, 0.1) is 10.6 Å². The minimum Gasteiger partial charge on any atom is -0.478 e. The molecule has 0 aliphatic carbocycles. The summed E-state index contributed by atoms with van der Waals surface area (Å²) in [5.41, 5.74) is 1.96. The van der Waals surface area contributed by atoms with Crippen LogP contribution in [0.15, 0.2) is 66.1 Å². The van der Waals surface area contributed by atoms with E-state index < -0.39 is 11.9 Å². The molecule has 3 rings (SSSR count). The first kappa shape index (κ1) is 17.9. The van der Waals surface area contributed by atoms with Crippen molar-refractivity contribution in [3.8, 4) is 10.4 Å². The van der Waals surface area contributed by atoms with E-state index in [2.05, 4.69) is 5.32 Å². The van der Waals surface area contributed by atoms with E-state index in [1.165, 1.54) is 17.4 Å². The number of carboxylic acid groups (broad SMARTS) is 1. The van der Waals surface area contributed by atoms with Crippen molar-refractivity contribution in [2.75, 3.05) is 5.32 Å². The maximum atomic E-state index is 12.1. The number of carbonyl (C=O) groups is 2. The quantitative estimate of drug-likeness (QED) is 0.578. The molecule has 130 valence electrons. The van der Waals surface area contributed by atoms with Gasteiger partial charge in [-0.2, -0.15) is 0 Å². The summed E-state index contributed by atoms with van der Waals surface area (Å²) in [4.78, 5) is 24.4. The van der Waals surface area contributed by atoms with Crippen LogP contribution >= 0.6 is 22.9 Å². The molecular formula is C20H14ClNO3S. The summed E-state index contributed by atoms with van der Waals surface area (Å²) in [7, 11) is 0. The molecule has 0 aliphatic heterocycles. The molecule has 0 aliphatic rings. The van der Waals surface area contributed by atoms with Crippen molar-refractivity contribution in [3.63, 3.8) is 0 Å². The highest BCUT2D eigenvalue weighted by atomic mass is 35.5. The van der Waals surface area contributed by atoms with Gasteiger partial charge in [0.15, 0.2) is 0 Å². The van der Waals surface area contributed by atoms with Gasteiger partial charge >= 0.3 is 5.97 Å². The number of carbonyl (C=O) groups excluding carboxylic acids is 1. The molecule has 0 fully saturated rings. The third-order valence-corrected chi connectivity index (χ3v) is 4.88. The molecule has 0 saturated carbocycles. The Balaban J connectivity index is 1.84. The molecule has 0 unspecified atom stereocenters. The summed E-state index contributed by atoms with van der Waals surface area (Å²) in [5, 5.41) is 14.4. The van der Waals surface area contributed by atoms with Gasteiger partial charge in [-0.3, -0.25) is 4.79 Å². The fourth-order valence-electron chi connectivity index (χ4n) is 2.39. The van der Waals surface area contributed by atoms with Gasteiger partial charge in [-0.05, 0) is 29.3 Å². The van der Waals surface area contributed by atoms with Crippen LogP contribution in [0.2, 0.25) is 5.02 Å². The van der Waals surface area contributed by atoms with Crippen LogP contribution in [0.4, 0.5) is 5.69 Å². The number of benzene rings is 2. The number of amides is 1. The van der Waals surface area contributed by atoms with Crippen LogP contribution in [0.3, 0.4) is 0 Å². The van der Waals surface area contributed by atoms with Crippen molar-refractivity contribution >= 4 is 46.6 Å². The van der Waals surface area contributed by atoms with Gasteiger partial charge in [-0.15, -0.1) is 11.3 Å². The van der Waals surface area contributed by atoms with E-state index in [-0.39, 0.29) is 11.3 Å². The van der Waals surface area contributed by atoms with E-state index in [0.717, 1.165) is 11.1 Å². The topological polar surface area (TPSA) is 66.4 Å². The van der Waals surface area contributed by atoms with E-state index in [9.17, 15) is 14.7 Å². The van der Waals surface area contributed by atoms with E-state index in [1.54, 1.807) is 35.7 Å². The zero-order valence-corrected chi connectivity index (χ0v) is 15.1. The molecule has 0 spiro atoms. The number of nitrogens with one attached hydrogen (secondary N) is 1. The molecule has 3 aromatic rings. The van der Waals surface area contributed by atoms with E-state index in [1.807, 2.05) is 30.3 Å². The summed E-state index contributed by atoms with van der Waals surface area (Å²) in [6.07, 6.45) is 3.04. The van der Waals surface area contributed by atoms with Crippen LogP contribution in [0.5, 0.6) is 0 Å². The molecule has 0 bridgehead atoms. The first-order valence-corrected chi connectivity index (χ1v) is 8.95. The zero-order valence-electron chi connectivity index (χ0n) is 13.5. The molecule has 0 saturated heterocycles. The normalized spacial score (nSPS) is 10.8. The highest BCUT2D eigenvalue weighted by Crippen LogP contribution is 2.36. The van der Waals surface area contributed by atoms with Gasteiger partial charge < -0.3 is 10.4 Å². The molecule has 1 aromatic heterocycles. The van der Waals surface area contributed by atoms with Crippen molar-refractivity contribution in [3.05, 3.63) is 82.2 Å². The Morgan fingerprint density at radius 3 is 2.38 bits per heavy atom. The largest absolute Gasteiger partial charge is 0.478 e. The van der Waals surface area contributed by atoms with Crippen LogP contribution in [-0.4, -0.2) is 17.0 Å². The summed E-state index contributed by atoms with van der Waals surface area (Å²) in [5.74, 6) is -1.49. The zero-order chi connectivity index (χ0) is 18.5. The molecule has 4 nitrogen and oxygen atoms in total. The Bertz CT molecular complexity index is 962. The Morgan fingerprint density at radius 1 is 1.04 bits per heavy atom. The molecule has 2 N–H and O–H groups in total. The van der Waals surface area contributed by atoms with Crippen LogP contribution in [0.25, 0.3) is 16.5 Å². The number of thiophene rings is 1. The average Bonchev–Trinajstić information content (AvgIpc) is 3.05. The fraction of sp³-hybridized carbons (Fsp3) is 0. The predicted octanol–water partition coefficient (Wildman–Crippen LogP) is 5.42. The molecule has 0 atom stereocenters. The number of hydrogen-bond acceptors (Lipinski definition) is 3. The fourth-order valence-corrected chi connectivity index (χ4v) is 3.51. The minimum absolute atomic E-state index is 0.0683. The summed E-state index contributed by atoms with van der Waals surface area (Å²) in [6.45, 7) is 0. The first-order chi connectivity index (χ1) is 12.5. The third-order valence-electron chi connectivity index (χ3n) is 3.60. The van der Waals surface area contributed by atoms with Crippen LogP contribution < -0.4 is 5.32 Å². The summed E-state index contributed by atoms with van der Waals surface area (Å²) >= 11 is 7.14. The van der Waals surface area contributed by atoms with Gasteiger partial charge in [-0.25, -0.2) is 4.79 Å². The summed E-state index contributed by atoms with van der Waals surface area (Å²) in [6, 6.07) is 16.3. The highest BCUT2D eigenvalue weighted by molar-refractivity contribution is 7.14. The van der Waals surface area contributed by atoms with Crippen molar-refractivity contribution in [1.29, 1.82) is 0 Å². The first-order valence-electron chi connectivity index (χ1n) is 7.69. The minimum atomic E-state index is -1.10. The lowest BCUT2D eigenvalue weighted by atomic mass is 10.1. The van der Waals surface area contributed by atoms with Crippen molar-refractivity contribution < 1.29 is 14.7 Å². The van der Waals surface area contributed by atoms with Crippen molar-refractivity contribution in [2.45, 2.75) is 0 Å². The van der Waals surface area contributed by atoms with Gasteiger partial charge in [0.25, 0.3) is 0 Å². The average molecular weight is 384 g/mol. The predicted molar refractivity (Wildman–Crippen MR) is 106 cm³/mol. The Hall–Kier alpha value is -2.89. The number of anilines is 1. The van der Waals surface area contributed by atoms with E-state index in [4.69, 9.17) is 11.6 Å². The Morgan fingerprint density at radius 2 is 1.73 bits per heavy atom. The smallest absolute Gasteiger partial charge is 0.339 e. The number of rotatable bonds is 5. The van der Waals surface area contributed by atoms with Crippen LogP contribution in [0.1, 0.15) is 15.9 Å². The molecule has 26 heavy (non-hydrogen) atoms. The Labute approximate surface area is 159 Å². The molecule has 2 aromatic carbocycles. The maximum absolute atomic E-state index is 12.1. The number of hydrogen-bond donors (Lipinski definition) is 2. The number of aromatic carboxylic acids is 1. The lowest BCUT2D eigenvalue weighted by Crippen LogP contribution is -2.10. The second-order valence-electron chi connectivity index (χ2n) is 5.40. The lowest BCUT2D eigenvalue weighted by molar-refractivity contribution is -0.111. The molecule has 0 radical (unpaired) electrons. The third kappa shape index (κ3) is 4.20. The molecule has 6 heteroatoms. The van der Waals surface area contributed by atoms with Gasteiger partial charge in [0, 0.05) is 16.5 Å². The second kappa shape index (κ2) is 7.99. The standard InChI is InChI=1S/C20H14ClNO3S/c21-15-9-7-14(8-10-15)19-18(20(24)25)16(12-26-19)22-17(23)11-6-13-4-2-1-3-5-13/h1-12H,(H,22,23)(H,24,25)/b11-6+. The molecular weight excluding hydrogens is 370 g/mol. The van der Waals surface area contributed by atoms with E-state index >= 15 is 0 Å². The second-order valence-corrected chi connectivity index (χ2v) is 6.71. The monoisotopic (exact) mass is 383 g/mol. The lowest BCUT2D eigenvalue weighted by Gasteiger charge is -2.04. The van der Waals surface area contributed by atoms with Gasteiger partial charge in [0.2, 0.25) is 5.91 Å². The van der Waals surface area contributed by atoms with E-state index in [0.29, 0.717) is 9.90 Å². The number of halogens is 1. The SMILES string of the molecule is O=C(/C=C/c1ccccc1)Nc1csc(-c2ccc(Cl)cc2)c1C(=O)O. The van der Waals surface area contributed by atoms with Gasteiger partial charge in [0.1, 0.15) is 5.56 Å².